The second-order valence-corrected chi connectivity index (χ2v) is 24.9. The first kappa shape index (κ1) is 75.8. The second-order valence-electron chi connectivity index (χ2n) is 23.4. The van der Waals surface area contributed by atoms with Crippen molar-refractivity contribution in [1.82, 2.24) is 0 Å². The van der Waals surface area contributed by atoms with Crippen molar-refractivity contribution in [3.8, 4) is 0 Å². The molecule has 0 bridgehead atoms. The summed E-state index contributed by atoms with van der Waals surface area (Å²) in [6.07, 6.45) is 76.0. The maximum absolute atomic E-state index is 12.7. The number of hydrogen-bond donors (Lipinski definition) is 2. The van der Waals surface area contributed by atoms with Crippen LogP contribution in [0.15, 0.2) is 12.2 Å². The summed E-state index contributed by atoms with van der Waals surface area (Å²) < 4.78 is 33.1. The number of hydrogen-bond acceptors (Lipinski definition) is 8. The number of nitrogens with two attached hydrogens (primary N) is 1. The molecule has 0 saturated heterocycles. The number of ether oxygens (including phenoxy) is 2. The number of allylic oxidation sites excluding steroid dienone is 2. The number of carbonyl (C=O) groups is 2. The van der Waals surface area contributed by atoms with Gasteiger partial charge in [0.05, 0.1) is 13.2 Å². The molecule has 3 N–H and O–H groups in total. The molecule has 0 aliphatic carbocycles. The zero-order chi connectivity index (χ0) is 55.9. The van der Waals surface area contributed by atoms with E-state index in [4.69, 9.17) is 24.3 Å². The lowest BCUT2D eigenvalue weighted by atomic mass is 10.0. The molecule has 0 aliphatic heterocycles. The lowest BCUT2D eigenvalue weighted by Crippen LogP contribution is -2.29. The minimum absolute atomic E-state index is 0.0580. The molecular formula is C67H132NO8P. The van der Waals surface area contributed by atoms with Crippen LogP contribution >= 0.6 is 7.82 Å². The van der Waals surface area contributed by atoms with Gasteiger partial charge in [0, 0.05) is 19.4 Å². The quantitative estimate of drug-likeness (QED) is 0.0264. The summed E-state index contributed by atoms with van der Waals surface area (Å²) in [6.45, 7) is 3.83. The van der Waals surface area contributed by atoms with E-state index in [-0.39, 0.29) is 38.6 Å². The molecule has 2 atom stereocenters. The summed E-state index contributed by atoms with van der Waals surface area (Å²) >= 11 is 0. The molecule has 10 heteroatoms. The monoisotopic (exact) mass is 1110 g/mol. The molecule has 0 saturated carbocycles. The summed E-state index contributed by atoms with van der Waals surface area (Å²) in [5.41, 5.74) is 5.39. The van der Waals surface area contributed by atoms with Crippen molar-refractivity contribution in [3.63, 3.8) is 0 Å². The third kappa shape index (κ3) is 63.8. The van der Waals surface area contributed by atoms with Crippen LogP contribution in [0.1, 0.15) is 373 Å². The van der Waals surface area contributed by atoms with Crippen molar-refractivity contribution in [2.24, 2.45) is 5.73 Å². The fraction of sp³-hybridized carbons (Fsp3) is 0.940. The summed E-state index contributed by atoms with van der Waals surface area (Å²) in [6, 6.07) is 0. The number of unbranched alkanes of at least 4 members (excludes halogenated alkanes) is 51. The average molecular weight is 1110 g/mol. The summed E-state index contributed by atoms with van der Waals surface area (Å²) in [4.78, 5) is 35.3. The molecule has 0 aromatic rings. The van der Waals surface area contributed by atoms with E-state index in [1.807, 2.05) is 0 Å². The van der Waals surface area contributed by atoms with Crippen LogP contribution < -0.4 is 5.73 Å². The van der Waals surface area contributed by atoms with Gasteiger partial charge in [-0.15, -0.1) is 0 Å². The Hall–Kier alpha value is -1.25. The smallest absolute Gasteiger partial charge is 0.462 e. The Morgan fingerprint density at radius 2 is 0.636 bits per heavy atom. The highest BCUT2D eigenvalue weighted by atomic mass is 31.2. The highest BCUT2D eigenvalue weighted by Gasteiger charge is 2.26. The fourth-order valence-electron chi connectivity index (χ4n) is 10.6. The molecule has 0 heterocycles. The van der Waals surface area contributed by atoms with E-state index in [1.54, 1.807) is 0 Å². The minimum Gasteiger partial charge on any atom is -0.462 e. The van der Waals surface area contributed by atoms with Gasteiger partial charge in [-0.25, -0.2) is 4.57 Å². The second kappa shape index (κ2) is 63.9. The maximum atomic E-state index is 12.7. The van der Waals surface area contributed by atoms with Crippen molar-refractivity contribution < 1.29 is 37.6 Å². The topological polar surface area (TPSA) is 134 Å². The van der Waals surface area contributed by atoms with Crippen molar-refractivity contribution in [3.05, 3.63) is 12.2 Å². The van der Waals surface area contributed by atoms with Gasteiger partial charge < -0.3 is 20.1 Å². The molecule has 0 fully saturated rings. The molecule has 458 valence electrons. The Morgan fingerprint density at radius 1 is 0.377 bits per heavy atom. The van der Waals surface area contributed by atoms with Crippen molar-refractivity contribution in [1.29, 1.82) is 0 Å². The Morgan fingerprint density at radius 3 is 0.922 bits per heavy atom. The highest BCUT2D eigenvalue weighted by molar-refractivity contribution is 7.47. The van der Waals surface area contributed by atoms with Gasteiger partial charge in [-0.3, -0.25) is 18.6 Å². The van der Waals surface area contributed by atoms with Crippen molar-refractivity contribution in [2.45, 2.75) is 380 Å². The number of phosphoric acid groups is 1. The van der Waals surface area contributed by atoms with E-state index in [1.165, 1.54) is 308 Å². The van der Waals surface area contributed by atoms with Gasteiger partial charge in [-0.05, 0) is 38.5 Å². The van der Waals surface area contributed by atoms with E-state index >= 15 is 0 Å². The third-order valence-corrected chi connectivity index (χ3v) is 16.6. The Kier molecular flexibility index (Phi) is 62.9. The van der Waals surface area contributed by atoms with Crippen molar-refractivity contribution >= 4 is 19.8 Å². The van der Waals surface area contributed by atoms with Gasteiger partial charge in [-0.2, -0.15) is 0 Å². The SMILES string of the molecule is CCCCCCCCCC/C=C\CCCCCCCCCCCCCCCCCCCCCCCCCCCC(=O)OC(COC(=O)CCCCCCCCCCCCCCCCCCCCC)COP(=O)(O)OCCN. The van der Waals surface area contributed by atoms with Crippen LogP contribution in [0, 0.1) is 0 Å². The van der Waals surface area contributed by atoms with E-state index < -0.39 is 26.5 Å². The Bertz CT molecular complexity index is 1270. The molecule has 77 heavy (non-hydrogen) atoms. The Labute approximate surface area is 479 Å². The van der Waals surface area contributed by atoms with E-state index in [2.05, 4.69) is 26.0 Å². The summed E-state index contributed by atoms with van der Waals surface area (Å²) in [5, 5.41) is 0. The van der Waals surface area contributed by atoms with Gasteiger partial charge in [0.15, 0.2) is 6.10 Å². The number of rotatable bonds is 66. The highest BCUT2D eigenvalue weighted by Crippen LogP contribution is 2.43. The molecular weight excluding hydrogens is 978 g/mol. The number of esters is 2. The predicted octanol–water partition coefficient (Wildman–Crippen LogP) is 22.0. The molecule has 0 aromatic carbocycles. The van der Waals surface area contributed by atoms with Gasteiger partial charge in [0.1, 0.15) is 6.61 Å². The standard InChI is InChI=1S/C67H132NO8P/c1-3-5-7-9-11-13-15-17-19-21-23-24-25-26-27-28-29-30-31-32-33-34-35-36-37-38-39-40-42-44-46-48-50-52-54-56-58-60-67(70)76-65(64-75-77(71,72)74-62-61-68)63-73-66(69)59-57-55-53-51-49-47-45-43-41-22-20-18-16-14-12-10-8-6-4-2/h21,23,65H,3-20,22,24-64,68H2,1-2H3,(H,71,72)/b23-21-. The van der Waals surface area contributed by atoms with Crippen LogP contribution in [0.25, 0.3) is 0 Å². The molecule has 9 nitrogen and oxygen atoms in total. The first-order valence-electron chi connectivity index (χ1n) is 34.2. The molecule has 0 aromatic heterocycles. The predicted molar refractivity (Wildman–Crippen MR) is 331 cm³/mol. The van der Waals surface area contributed by atoms with Crippen LogP contribution in [-0.2, 0) is 32.7 Å². The number of carbonyl (C=O) groups excluding carboxylic acids is 2. The fourth-order valence-corrected chi connectivity index (χ4v) is 11.3. The third-order valence-electron chi connectivity index (χ3n) is 15.7. The number of phosphoric ester groups is 1. The van der Waals surface area contributed by atoms with Crippen LogP contribution in [-0.4, -0.2) is 49.3 Å². The minimum atomic E-state index is -4.38. The maximum Gasteiger partial charge on any atom is 0.472 e. The molecule has 0 spiro atoms. The normalized spacial score (nSPS) is 12.9. The summed E-state index contributed by atoms with van der Waals surface area (Å²) in [7, 11) is -4.38. The van der Waals surface area contributed by atoms with E-state index in [0.717, 1.165) is 32.1 Å². The largest absolute Gasteiger partial charge is 0.472 e. The van der Waals surface area contributed by atoms with Crippen LogP contribution in [0.4, 0.5) is 0 Å². The van der Waals surface area contributed by atoms with Crippen LogP contribution in [0.2, 0.25) is 0 Å². The van der Waals surface area contributed by atoms with Gasteiger partial charge >= 0.3 is 19.8 Å². The molecule has 0 rings (SSSR count). The van der Waals surface area contributed by atoms with Crippen molar-refractivity contribution in [2.75, 3.05) is 26.4 Å². The zero-order valence-corrected chi connectivity index (χ0v) is 52.4. The van der Waals surface area contributed by atoms with Gasteiger partial charge in [-0.1, -0.05) is 334 Å². The molecule has 0 amide bonds. The van der Waals surface area contributed by atoms with E-state index in [0.29, 0.717) is 6.42 Å². The zero-order valence-electron chi connectivity index (χ0n) is 51.5. The first-order valence-corrected chi connectivity index (χ1v) is 35.7. The van der Waals surface area contributed by atoms with E-state index in [9.17, 15) is 19.0 Å². The van der Waals surface area contributed by atoms with Gasteiger partial charge in [0.25, 0.3) is 0 Å². The molecule has 2 unspecified atom stereocenters. The summed E-state index contributed by atoms with van der Waals surface area (Å²) in [5.74, 6) is -0.801. The van der Waals surface area contributed by atoms with Crippen LogP contribution in [0.5, 0.6) is 0 Å². The molecule has 0 radical (unpaired) electrons. The lowest BCUT2D eigenvalue weighted by Gasteiger charge is -2.19. The molecule has 0 aliphatic rings. The first-order chi connectivity index (χ1) is 37.8. The average Bonchev–Trinajstić information content (AvgIpc) is 3.42. The van der Waals surface area contributed by atoms with Crippen LogP contribution in [0.3, 0.4) is 0 Å². The van der Waals surface area contributed by atoms with Gasteiger partial charge in [0.2, 0.25) is 0 Å². The lowest BCUT2D eigenvalue weighted by molar-refractivity contribution is -0.161. The Balaban J connectivity index is 3.76.